The Morgan fingerprint density at radius 1 is 1.00 bits per heavy atom. The van der Waals surface area contributed by atoms with E-state index in [4.69, 9.17) is 11.2 Å². The summed E-state index contributed by atoms with van der Waals surface area (Å²) in [5.74, 6) is 2.68. The first kappa shape index (κ1) is 18.5. The number of benzene rings is 2. The van der Waals surface area contributed by atoms with Gasteiger partial charge in [0, 0.05) is 12.0 Å². The third-order valence-corrected chi connectivity index (χ3v) is 4.90. The van der Waals surface area contributed by atoms with Crippen molar-refractivity contribution in [3.05, 3.63) is 65.2 Å². The largest absolute Gasteiger partial charge is 0.365 e. The van der Waals surface area contributed by atoms with Crippen LogP contribution in [0.3, 0.4) is 0 Å². The zero-order valence-corrected chi connectivity index (χ0v) is 16.5. The van der Waals surface area contributed by atoms with E-state index in [0.717, 1.165) is 18.4 Å². The SMILES string of the molecule is C#Cc1ccc(-c2ccc(CC)c(C3=CC(C)(C)OC(C)(C)C3)c2)cc1. The van der Waals surface area contributed by atoms with Crippen LogP contribution in [0.5, 0.6) is 0 Å². The van der Waals surface area contributed by atoms with Gasteiger partial charge in [0.15, 0.2) is 0 Å². The number of terminal acetylenes is 1. The van der Waals surface area contributed by atoms with Gasteiger partial charge in [0.2, 0.25) is 0 Å². The fourth-order valence-corrected chi connectivity index (χ4v) is 4.00. The van der Waals surface area contributed by atoms with E-state index in [-0.39, 0.29) is 11.2 Å². The van der Waals surface area contributed by atoms with Crippen LogP contribution in [0.25, 0.3) is 16.7 Å². The average Bonchev–Trinajstić information content (AvgIpc) is 2.58. The van der Waals surface area contributed by atoms with Gasteiger partial charge in [-0.05, 0) is 86.2 Å². The second kappa shape index (κ2) is 6.78. The maximum absolute atomic E-state index is 6.23. The number of rotatable bonds is 3. The lowest BCUT2D eigenvalue weighted by atomic mass is 9.83. The van der Waals surface area contributed by atoms with E-state index in [2.05, 4.69) is 76.9 Å². The van der Waals surface area contributed by atoms with Gasteiger partial charge in [-0.2, -0.15) is 0 Å². The van der Waals surface area contributed by atoms with Gasteiger partial charge in [0.05, 0.1) is 11.2 Å². The maximum Gasteiger partial charge on any atom is 0.0819 e. The highest BCUT2D eigenvalue weighted by atomic mass is 16.5. The first-order valence-corrected chi connectivity index (χ1v) is 9.35. The Labute approximate surface area is 158 Å². The summed E-state index contributed by atoms with van der Waals surface area (Å²) in [7, 11) is 0. The molecule has 0 fully saturated rings. The zero-order valence-electron chi connectivity index (χ0n) is 16.5. The summed E-state index contributed by atoms with van der Waals surface area (Å²) in [5, 5.41) is 0. The summed E-state index contributed by atoms with van der Waals surface area (Å²) in [6.45, 7) is 10.9. The molecule has 0 spiro atoms. The van der Waals surface area contributed by atoms with Crippen molar-refractivity contribution in [2.75, 3.05) is 0 Å². The van der Waals surface area contributed by atoms with Crippen molar-refractivity contribution in [1.29, 1.82) is 0 Å². The van der Waals surface area contributed by atoms with Crippen molar-refractivity contribution in [1.82, 2.24) is 0 Å². The molecule has 134 valence electrons. The van der Waals surface area contributed by atoms with Crippen LogP contribution in [-0.2, 0) is 11.2 Å². The Hall–Kier alpha value is -2.30. The van der Waals surface area contributed by atoms with Gasteiger partial charge in [-0.25, -0.2) is 0 Å². The lowest BCUT2D eigenvalue weighted by Crippen LogP contribution is -2.39. The number of hydrogen-bond donors (Lipinski definition) is 0. The molecule has 0 saturated heterocycles. The molecule has 2 aromatic rings. The third kappa shape index (κ3) is 3.92. The molecule has 0 saturated carbocycles. The van der Waals surface area contributed by atoms with Crippen LogP contribution >= 0.6 is 0 Å². The summed E-state index contributed by atoms with van der Waals surface area (Å²) >= 11 is 0. The van der Waals surface area contributed by atoms with E-state index < -0.39 is 0 Å². The molecule has 0 radical (unpaired) electrons. The lowest BCUT2D eigenvalue weighted by Gasteiger charge is -2.40. The molecular formula is C25H28O. The Bertz CT molecular complexity index is 873. The van der Waals surface area contributed by atoms with E-state index in [1.54, 1.807) is 0 Å². The topological polar surface area (TPSA) is 9.23 Å². The Morgan fingerprint density at radius 3 is 2.23 bits per heavy atom. The van der Waals surface area contributed by atoms with Gasteiger partial charge in [0.25, 0.3) is 0 Å². The van der Waals surface area contributed by atoms with Crippen molar-refractivity contribution >= 4 is 5.57 Å². The van der Waals surface area contributed by atoms with Crippen LogP contribution in [0, 0.1) is 12.3 Å². The fourth-order valence-electron chi connectivity index (χ4n) is 4.00. The number of ether oxygens (including phenoxy) is 1. The average molecular weight is 344 g/mol. The first-order chi connectivity index (χ1) is 12.2. The molecule has 0 N–H and O–H groups in total. The summed E-state index contributed by atoms with van der Waals surface area (Å²) in [4.78, 5) is 0. The van der Waals surface area contributed by atoms with Gasteiger partial charge in [-0.3, -0.25) is 0 Å². The predicted octanol–water partition coefficient (Wildman–Crippen LogP) is 6.26. The van der Waals surface area contributed by atoms with Crippen LogP contribution in [0.15, 0.2) is 48.5 Å². The zero-order chi connectivity index (χ0) is 18.9. The van der Waals surface area contributed by atoms with E-state index in [9.17, 15) is 0 Å². The van der Waals surface area contributed by atoms with Crippen LogP contribution in [-0.4, -0.2) is 11.2 Å². The quantitative estimate of drug-likeness (QED) is 0.597. The fraction of sp³-hybridized carbons (Fsp3) is 0.360. The van der Waals surface area contributed by atoms with Crippen LogP contribution < -0.4 is 0 Å². The summed E-state index contributed by atoms with van der Waals surface area (Å²) in [6.07, 6.45) is 9.71. The van der Waals surface area contributed by atoms with Crippen LogP contribution in [0.4, 0.5) is 0 Å². The van der Waals surface area contributed by atoms with Gasteiger partial charge >= 0.3 is 0 Å². The molecule has 1 aliphatic heterocycles. The third-order valence-electron chi connectivity index (χ3n) is 4.90. The van der Waals surface area contributed by atoms with Crippen molar-refractivity contribution in [3.8, 4) is 23.5 Å². The van der Waals surface area contributed by atoms with Gasteiger partial charge in [0.1, 0.15) is 0 Å². The van der Waals surface area contributed by atoms with Gasteiger partial charge in [-0.15, -0.1) is 6.42 Å². The minimum atomic E-state index is -0.257. The standard InChI is InChI=1S/C25H28O/c1-7-18-9-11-20(12-10-18)21-14-13-19(8-2)23(15-21)22-16-24(3,4)26-25(5,6)17-22/h1,9-16H,8,17H2,2-6H3. The Kier molecular flexibility index (Phi) is 4.82. The molecular weight excluding hydrogens is 316 g/mol. The van der Waals surface area contributed by atoms with E-state index in [1.807, 2.05) is 12.1 Å². The Morgan fingerprint density at radius 2 is 1.65 bits per heavy atom. The normalized spacial score (nSPS) is 18.1. The van der Waals surface area contributed by atoms with Crippen LogP contribution in [0.1, 0.15) is 57.7 Å². The summed E-state index contributed by atoms with van der Waals surface area (Å²) in [5.41, 5.74) is 7.02. The van der Waals surface area contributed by atoms with Gasteiger partial charge in [-0.1, -0.05) is 37.1 Å². The molecule has 1 nitrogen and oxygen atoms in total. The van der Waals surface area contributed by atoms with Crippen molar-refractivity contribution in [2.24, 2.45) is 0 Å². The molecule has 0 bridgehead atoms. The molecule has 1 aliphatic rings. The minimum Gasteiger partial charge on any atom is -0.365 e. The number of hydrogen-bond acceptors (Lipinski definition) is 1. The molecule has 1 heterocycles. The summed E-state index contributed by atoms with van der Waals surface area (Å²) in [6, 6.07) is 15.0. The summed E-state index contributed by atoms with van der Waals surface area (Å²) < 4.78 is 6.23. The molecule has 2 aromatic carbocycles. The highest BCUT2D eigenvalue weighted by Crippen LogP contribution is 2.40. The predicted molar refractivity (Wildman–Crippen MR) is 111 cm³/mol. The van der Waals surface area contributed by atoms with Crippen molar-refractivity contribution in [3.63, 3.8) is 0 Å². The second-order valence-electron chi connectivity index (χ2n) is 8.26. The minimum absolute atomic E-state index is 0.164. The van der Waals surface area contributed by atoms with E-state index >= 15 is 0 Å². The van der Waals surface area contributed by atoms with Crippen LogP contribution in [0.2, 0.25) is 0 Å². The molecule has 3 rings (SSSR count). The van der Waals surface area contributed by atoms with E-state index in [0.29, 0.717) is 0 Å². The lowest BCUT2D eigenvalue weighted by molar-refractivity contribution is -0.100. The smallest absolute Gasteiger partial charge is 0.0819 e. The first-order valence-electron chi connectivity index (χ1n) is 9.35. The molecule has 0 aromatic heterocycles. The van der Waals surface area contributed by atoms with Gasteiger partial charge < -0.3 is 4.74 Å². The van der Waals surface area contributed by atoms with E-state index in [1.165, 1.54) is 27.8 Å². The molecule has 0 atom stereocenters. The molecule has 1 heteroatoms. The highest BCUT2D eigenvalue weighted by Gasteiger charge is 2.34. The maximum atomic E-state index is 6.23. The highest BCUT2D eigenvalue weighted by molar-refractivity contribution is 5.76. The molecule has 0 aliphatic carbocycles. The Balaban J connectivity index is 2.09. The second-order valence-corrected chi connectivity index (χ2v) is 8.26. The van der Waals surface area contributed by atoms with Crippen molar-refractivity contribution in [2.45, 2.75) is 58.7 Å². The molecule has 26 heavy (non-hydrogen) atoms. The molecule has 0 unspecified atom stereocenters. The number of aryl methyl sites for hydroxylation is 1. The van der Waals surface area contributed by atoms with Crippen molar-refractivity contribution < 1.29 is 4.74 Å². The monoisotopic (exact) mass is 344 g/mol. The molecule has 0 amide bonds.